The molecular weight excluding hydrogens is 246 g/mol. The van der Waals surface area contributed by atoms with Crippen LogP contribution in [0.2, 0.25) is 0 Å². The Morgan fingerprint density at radius 3 is 2.32 bits per heavy atom. The highest BCUT2D eigenvalue weighted by molar-refractivity contribution is 5.78. The minimum Gasteiger partial charge on any atom is -0.483 e. The largest absolute Gasteiger partial charge is 0.483 e. The van der Waals surface area contributed by atoms with E-state index in [1.54, 1.807) is 0 Å². The van der Waals surface area contributed by atoms with Crippen molar-refractivity contribution < 1.29 is 19.7 Å². The smallest absolute Gasteiger partial charge is 0.260 e. The van der Waals surface area contributed by atoms with Crippen LogP contribution in [0.3, 0.4) is 0 Å². The predicted molar refractivity (Wildman–Crippen MR) is 70.0 cm³/mol. The van der Waals surface area contributed by atoms with Crippen molar-refractivity contribution in [3.63, 3.8) is 0 Å². The maximum atomic E-state index is 11.9. The van der Waals surface area contributed by atoms with Crippen LogP contribution in [0.15, 0.2) is 18.2 Å². The van der Waals surface area contributed by atoms with E-state index in [-0.39, 0.29) is 25.6 Å². The summed E-state index contributed by atoms with van der Waals surface area (Å²) in [5.74, 6) is 0.495. The van der Waals surface area contributed by atoms with Gasteiger partial charge in [-0.3, -0.25) is 4.79 Å². The number of hydrogen-bond donors (Lipinski definition) is 2. The summed E-state index contributed by atoms with van der Waals surface area (Å²) in [7, 11) is 0. The van der Waals surface area contributed by atoms with Crippen LogP contribution in [0.1, 0.15) is 11.1 Å². The van der Waals surface area contributed by atoms with E-state index < -0.39 is 12.2 Å². The third-order valence-corrected chi connectivity index (χ3v) is 3.36. The summed E-state index contributed by atoms with van der Waals surface area (Å²) < 4.78 is 5.56. The number of ether oxygens (including phenoxy) is 1. The van der Waals surface area contributed by atoms with Crippen molar-refractivity contribution in [2.45, 2.75) is 26.1 Å². The fourth-order valence-electron chi connectivity index (χ4n) is 2.23. The average Bonchev–Trinajstić information content (AvgIpc) is 2.69. The summed E-state index contributed by atoms with van der Waals surface area (Å²) in [5.41, 5.74) is 1.96. The van der Waals surface area contributed by atoms with Gasteiger partial charge in [-0.1, -0.05) is 18.2 Å². The first-order valence-electron chi connectivity index (χ1n) is 6.32. The van der Waals surface area contributed by atoms with Gasteiger partial charge in [-0.2, -0.15) is 0 Å². The maximum absolute atomic E-state index is 11.9. The minimum atomic E-state index is -0.857. The lowest BCUT2D eigenvalue weighted by Gasteiger charge is -2.17. The summed E-state index contributed by atoms with van der Waals surface area (Å²) in [6, 6.07) is 5.79. The van der Waals surface area contributed by atoms with E-state index in [0.29, 0.717) is 0 Å². The molecule has 2 N–H and O–H groups in total. The molecule has 1 saturated heterocycles. The quantitative estimate of drug-likeness (QED) is 0.821. The standard InChI is InChI=1S/C14H19NO4/c1-9-4-3-5-10(2)14(9)19-8-13(18)15-6-11(16)12(17)7-15/h3-5,11-12,16-17H,6-8H2,1-2H3/t11-,12+. The molecule has 2 atom stereocenters. The molecule has 1 fully saturated rings. The highest BCUT2D eigenvalue weighted by atomic mass is 16.5. The molecule has 1 aromatic rings. The lowest BCUT2D eigenvalue weighted by atomic mass is 10.1. The number of nitrogens with zero attached hydrogens (tertiary/aromatic N) is 1. The van der Waals surface area contributed by atoms with Gasteiger partial charge in [0.05, 0.1) is 12.2 Å². The number of aryl methyl sites for hydroxylation is 2. The van der Waals surface area contributed by atoms with E-state index in [0.717, 1.165) is 16.9 Å². The van der Waals surface area contributed by atoms with Gasteiger partial charge in [-0.15, -0.1) is 0 Å². The Morgan fingerprint density at radius 1 is 1.26 bits per heavy atom. The van der Waals surface area contributed by atoms with Gasteiger partial charge in [0, 0.05) is 13.1 Å². The van der Waals surface area contributed by atoms with Crippen molar-refractivity contribution in [3.05, 3.63) is 29.3 Å². The molecule has 0 aliphatic carbocycles. The monoisotopic (exact) mass is 265 g/mol. The molecule has 5 nitrogen and oxygen atoms in total. The SMILES string of the molecule is Cc1cccc(C)c1OCC(=O)N1C[C@@H](O)[C@@H](O)C1. The molecule has 1 amide bonds. The van der Waals surface area contributed by atoms with Gasteiger partial charge in [0.1, 0.15) is 5.75 Å². The number of carbonyl (C=O) groups is 1. The molecule has 0 aromatic heterocycles. The van der Waals surface area contributed by atoms with Gasteiger partial charge < -0.3 is 19.8 Å². The number of hydrogen-bond acceptors (Lipinski definition) is 4. The van der Waals surface area contributed by atoms with Crippen molar-refractivity contribution in [2.24, 2.45) is 0 Å². The Hall–Kier alpha value is -1.59. The van der Waals surface area contributed by atoms with Gasteiger partial charge >= 0.3 is 0 Å². The van der Waals surface area contributed by atoms with Crippen LogP contribution in [0.4, 0.5) is 0 Å². The topological polar surface area (TPSA) is 70.0 Å². The molecule has 1 heterocycles. The lowest BCUT2D eigenvalue weighted by molar-refractivity contribution is -0.132. The fourth-order valence-corrected chi connectivity index (χ4v) is 2.23. The van der Waals surface area contributed by atoms with Crippen LogP contribution in [0, 0.1) is 13.8 Å². The van der Waals surface area contributed by atoms with Gasteiger partial charge in [0.15, 0.2) is 6.61 Å². The van der Waals surface area contributed by atoms with Crippen molar-refractivity contribution in [3.8, 4) is 5.75 Å². The van der Waals surface area contributed by atoms with E-state index in [1.807, 2.05) is 32.0 Å². The Kier molecular flexibility index (Phi) is 4.07. The Labute approximate surface area is 112 Å². The molecule has 5 heteroatoms. The second-order valence-electron chi connectivity index (χ2n) is 4.94. The summed E-state index contributed by atoms with van der Waals surface area (Å²) >= 11 is 0. The molecule has 1 aliphatic rings. The number of aliphatic hydroxyl groups is 2. The van der Waals surface area contributed by atoms with Crippen LogP contribution in [0.25, 0.3) is 0 Å². The van der Waals surface area contributed by atoms with E-state index in [1.165, 1.54) is 4.90 Å². The Morgan fingerprint density at radius 2 is 1.79 bits per heavy atom. The van der Waals surface area contributed by atoms with Crippen molar-refractivity contribution in [1.82, 2.24) is 4.90 Å². The summed E-state index contributed by atoms with van der Waals surface area (Å²) in [4.78, 5) is 13.3. The normalized spacial score (nSPS) is 22.6. The minimum absolute atomic E-state index is 0.0782. The first-order chi connectivity index (χ1) is 8.99. The third kappa shape index (κ3) is 3.05. The van der Waals surface area contributed by atoms with Gasteiger partial charge in [0.2, 0.25) is 0 Å². The van der Waals surface area contributed by atoms with E-state index in [2.05, 4.69) is 0 Å². The fraction of sp³-hybridized carbons (Fsp3) is 0.500. The predicted octanol–water partition coefficient (Wildman–Crippen LogP) is 0.246. The molecule has 0 radical (unpaired) electrons. The third-order valence-electron chi connectivity index (χ3n) is 3.36. The number of benzene rings is 1. The average molecular weight is 265 g/mol. The zero-order valence-corrected chi connectivity index (χ0v) is 11.2. The number of carbonyl (C=O) groups excluding carboxylic acids is 1. The number of amides is 1. The summed E-state index contributed by atoms with van der Waals surface area (Å²) in [5, 5.41) is 18.8. The lowest BCUT2D eigenvalue weighted by Crippen LogP contribution is -2.34. The van der Waals surface area contributed by atoms with E-state index in [9.17, 15) is 15.0 Å². The number of rotatable bonds is 3. The molecule has 0 unspecified atom stereocenters. The van der Waals surface area contributed by atoms with Gasteiger partial charge in [0.25, 0.3) is 5.91 Å². The van der Waals surface area contributed by atoms with Crippen LogP contribution in [-0.2, 0) is 4.79 Å². The first kappa shape index (κ1) is 13.8. The number of β-amino-alcohol motifs (C(OH)–C–C–N with tert-alkyl or cyclic N) is 2. The highest BCUT2D eigenvalue weighted by Crippen LogP contribution is 2.22. The second kappa shape index (κ2) is 5.59. The molecule has 0 spiro atoms. The molecule has 1 aromatic carbocycles. The van der Waals surface area contributed by atoms with Crippen LogP contribution in [-0.4, -0.2) is 52.9 Å². The second-order valence-corrected chi connectivity index (χ2v) is 4.94. The van der Waals surface area contributed by atoms with Gasteiger partial charge in [-0.05, 0) is 25.0 Å². The zero-order valence-electron chi connectivity index (χ0n) is 11.2. The molecule has 2 rings (SSSR count). The van der Waals surface area contributed by atoms with E-state index in [4.69, 9.17) is 4.74 Å². The van der Waals surface area contributed by atoms with E-state index >= 15 is 0 Å². The van der Waals surface area contributed by atoms with Crippen molar-refractivity contribution in [1.29, 1.82) is 0 Å². The van der Waals surface area contributed by atoms with Crippen LogP contribution < -0.4 is 4.74 Å². The van der Waals surface area contributed by atoms with Crippen LogP contribution in [0.5, 0.6) is 5.75 Å². The highest BCUT2D eigenvalue weighted by Gasteiger charge is 2.32. The van der Waals surface area contributed by atoms with Crippen LogP contribution >= 0.6 is 0 Å². The summed E-state index contributed by atoms with van der Waals surface area (Å²) in [6.07, 6.45) is -1.71. The Balaban J connectivity index is 1.94. The molecule has 104 valence electrons. The van der Waals surface area contributed by atoms with Crippen molar-refractivity contribution in [2.75, 3.05) is 19.7 Å². The maximum Gasteiger partial charge on any atom is 0.260 e. The first-order valence-corrected chi connectivity index (χ1v) is 6.32. The molecule has 1 aliphatic heterocycles. The molecule has 0 saturated carbocycles. The van der Waals surface area contributed by atoms with Crippen molar-refractivity contribution >= 4 is 5.91 Å². The summed E-state index contributed by atoms with van der Waals surface area (Å²) in [6.45, 7) is 4.10. The Bertz CT molecular complexity index is 444. The molecular formula is C14H19NO4. The molecule has 0 bridgehead atoms. The number of likely N-dealkylation sites (tertiary alicyclic amines) is 1. The zero-order chi connectivity index (χ0) is 14.0. The molecule has 19 heavy (non-hydrogen) atoms. The van der Waals surface area contributed by atoms with Gasteiger partial charge in [-0.25, -0.2) is 0 Å². The number of para-hydroxylation sites is 1. The number of aliphatic hydroxyl groups excluding tert-OH is 2.